The summed E-state index contributed by atoms with van der Waals surface area (Å²) in [5, 5.41) is 10.5. The normalized spacial score (nSPS) is 15.3. The quantitative estimate of drug-likeness (QED) is 0.782. The number of para-hydroxylation sites is 1. The second kappa shape index (κ2) is 5.62. The van der Waals surface area contributed by atoms with Crippen LogP contribution in [0.4, 0.5) is 11.5 Å². The Bertz CT molecular complexity index is 841. The summed E-state index contributed by atoms with van der Waals surface area (Å²) in [5.41, 5.74) is 0.791. The summed E-state index contributed by atoms with van der Waals surface area (Å²) in [6, 6.07) is 7.46. The summed E-state index contributed by atoms with van der Waals surface area (Å²) >= 11 is 6.01. The maximum absolute atomic E-state index is 10.1. The Hall–Kier alpha value is -2.47. The van der Waals surface area contributed by atoms with Crippen molar-refractivity contribution in [3.05, 3.63) is 47.9 Å². The van der Waals surface area contributed by atoms with E-state index >= 15 is 0 Å². The number of phenols is 1. The van der Waals surface area contributed by atoms with Crippen molar-refractivity contribution in [1.82, 2.24) is 14.4 Å². The Morgan fingerprint density at radius 1 is 0.957 bits per heavy atom. The fourth-order valence-electron chi connectivity index (χ4n) is 3.01. The van der Waals surface area contributed by atoms with Gasteiger partial charge in [-0.2, -0.15) is 0 Å². The highest BCUT2D eigenvalue weighted by molar-refractivity contribution is 6.32. The molecule has 3 aromatic rings. The number of nitrogens with zero attached hydrogens (tertiary/aromatic N) is 5. The molecule has 1 aliphatic rings. The summed E-state index contributed by atoms with van der Waals surface area (Å²) in [7, 11) is 0. The second-order valence-corrected chi connectivity index (χ2v) is 5.89. The van der Waals surface area contributed by atoms with Gasteiger partial charge in [-0.3, -0.25) is 4.40 Å². The lowest BCUT2D eigenvalue weighted by molar-refractivity contribution is 0.472. The fraction of sp³-hybridized carbons (Fsp3) is 0.250. The van der Waals surface area contributed by atoms with Crippen LogP contribution in [0.25, 0.3) is 5.78 Å². The van der Waals surface area contributed by atoms with Gasteiger partial charge in [-0.15, -0.1) is 0 Å². The van der Waals surface area contributed by atoms with Crippen LogP contribution in [0.15, 0.2) is 42.9 Å². The molecule has 0 aliphatic carbocycles. The zero-order valence-corrected chi connectivity index (χ0v) is 13.2. The van der Waals surface area contributed by atoms with E-state index in [-0.39, 0.29) is 5.75 Å². The molecule has 3 heterocycles. The van der Waals surface area contributed by atoms with Gasteiger partial charge in [-0.05, 0) is 18.2 Å². The van der Waals surface area contributed by atoms with Crippen LogP contribution in [-0.2, 0) is 0 Å². The molecule has 0 saturated carbocycles. The molecule has 2 aromatic heterocycles. The van der Waals surface area contributed by atoms with Gasteiger partial charge in [0.2, 0.25) is 5.78 Å². The molecule has 0 atom stereocenters. The van der Waals surface area contributed by atoms with Crippen molar-refractivity contribution in [2.24, 2.45) is 0 Å². The van der Waals surface area contributed by atoms with Crippen LogP contribution >= 0.6 is 11.6 Å². The number of halogens is 1. The van der Waals surface area contributed by atoms with Crippen LogP contribution < -0.4 is 9.80 Å². The molecule has 6 nitrogen and oxygen atoms in total. The van der Waals surface area contributed by atoms with Crippen molar-refractivity contribution in [3.8, 4) is 5.75 Å². The van der Waals surface area contributed by atoms with E-state index in [0.29, 0.717) is 10.8 Å². The first kappa shape index (κ1) is 14.1. The smallest absolute Gasteiger partial charge is 0.235 e. The first-order valence-electron chi connectivity index (χ1n) is 7.49. The topological polar surface area (TPSA) is 56.9 Å². The standard InChI is InChI=1S/C16H16ClN5O/c17-12-2-1-3-13(15(12)23)20-8-10-21(11-9-20)14-4-5-18-16-19-6-7-22(14)16/h1-7,23H,8-11H2. The summed E-state index contributed by atoms with van der Waals surface area (Å²) in [6.07, 6.45) is 5.46. The van der Waals surface area contributed by atoms with Gasteiger partial charge >= 0.3 is 0 Å². The number of imidazole rings is 1. The minimum atomic E-state index is 0.156. The van der Waals surface area contributed by atoms with Gasteiger partial charge in [-0.25, -0.2) is 9.97 Å². The van der Waals surface area contributed by atoms with Crippen LogP contribution in [0.1, 0.15) is 0 Å². The largest absolute Gasteiger partial charge is 0.504 e. The highest BCUT2D eigenvalue weighted by atomic mass is 35.5. The zero-order chi connectivity index (χ0) is 15.8. The molecule has 0 radical (unpaired) electrons. The van der Waals surface area contributed by atoms with Crippen molar-refractivity contribution in [2.45, 2.75) is 0 Å². The molecular weight excluding hydrogens is 314 g/mol. The third-order valence-electron chi connectivity index (χ3n) is 4.19. The van der Waals surface area contributed by atoms with Crippen LogP contribution in [0.3, 0.4) is 0 Å². The van der Waals surface area contributed by atoms with Gasteiger partial charge < -0.3 is 14.9 Å². The van der Waals surface area contributed by atoms with Gasteiger partial charge in [0.15, 0.2) is 5.75 Å². The van der Waals surface area contributed by atoms with Crippen molar-refractivity contribution < 1.29 is 5.11 Å². The SMILES string of the molecule is Oc1c(Cl)cccc1N1CCN(c2ccnc3nccn23)CC1. The lowest BCUT2D eigenvalue weighted by atomic mass is 10.2. The van der Waals surface area contributed by atoms with Crippen LogP contribution in [0, 0.1) is 0 Å². The number of anilines is 2. The van der Waals surface area contributed by atoms with Gasteiger partial charge in [-0.1, -0.05) is 17.7 Å². The predicted molar refractivity (Wildman–Crippen MR) is 90.5 cm³/mol. The number of hydrogen-bond donors (Lipinski definition) is 1. The number of piperazine rings is 1. The highest BCUT2D eigenvalue weighted by Crippen LogP contribution is 2.34. The van der Waals surface area contributed by atoms with E-state index in [1.165, 1.54) is 0 Å². The minimum absolute atomic E-state index is 0.156. The van der Waals surface area contributed by atoms with Crippen LogP contribution in [0.5, 0.6) is 5.75 Å². The predicted octanol–water partition coefficient (Wildman–Crippen LogP) is 2.41. The number of phenolic OH excluding ortho intramolecular Hbond substituents is 1. The summed E-state index contributed by atoms with van der Waals surface area (Å²) < 4.78 is 1.99. The summed E-state index contributed by atoms with van der Waals surface area (Å²) in [4.78, 5) is 12.9. The highest BCUT2D eigenvalue weighted by Gasteiger charge is 2.21. The molecule has 0 bridgehead atoms. The number of hydrogen-bond acceptors (Lipinski definition) is 5. The fourth-order valence-corrected chi connectivity index (χ4v) is 3.18. The van der Waals surface area contributed by atoms with E-state index in [1.54, 1.807) is 18.5 Å². The average Bonchev–Trinajstić information content (AvgIpc) is 3.06. The number of aromatic hydroxyl groups is 1. The number of aromatic nitrogens is 3. The van der Waals surface area contributed by atoms with Gasteiger partial charge in [0.1, 0.15) is 5.82 Å². The third-order valence-corrected chi connectivity index (χ3v) is 4.50. The van der Waals surface area contributed by atoms with E-state index in [1.807, 2.05) is 28.8 Å². The molecule has 1 N–H and O–H groups in total. The second-order valence-electron chi connectivity index (χ2n) is 5.48. The van der Waals surface area contributed by atoms with Crippen molar-refractivity contribution in [1.29, 1.82) is 0 Å². The van der Waals surface area contributed by atoms with Crippen molar-refractivity contribution in [3.63, 3.8) is 0 Å². The van der Waals surface area contributed by atoms with E-state index < -0.39 is 0 Å². The lowest BCUT2D eigenvalue weighted by Gasteiger charge is -2.37. The Balaban J connectivity index is 1.55. The van der Waals surface area contributed by atoms with Gasteiger partial charge in [0.05, 0.1) is 10.7 Å². The Kier molecular flexibility index (Phi) is 3.46. The van der Waals surface area contributed by atoms with E-state index in [2.05, 4.69) is 19.8 Å². The van der Waals surface area contributed by atoms with E-state index in [0.717, 1.165) is 37.7 Å². The molecule has 118 valence electrons. The Morgan fingerprint density at radius 2 is 1.70 bits per heavy atom. The lowest BCUT2D eigenvalue weighted by Crippen LogP contribution is -2.47. The molecule has 7 heteroatoms. The van der Waals surface area contributed by atoms with E-state index in [4.69, 9.17) is 11.6 Å². The average molecular weight is 330 g/mol. The number of rotatable bonds is 2. The van der Waals surface area contributed by atoms with Crippen molar-refractivity contribution >= 4 is 28.9 Å². The number of benzene rings is 1. The monoisotopic (exact) mass is 329 g/mol. The van der Waals surface area contributed by atoms with Gasteiger partial charge in [0.25, 0.3) is 0 Å². The molecule has 1 fully saturated rings. The Labute approximate surface area is 138 Å². The zero-order valence-electron chi connectivity index (χ0n) is 12.4. The molecule has 0 amide bonds. The molecule has 1 aromatic carbocycles. The number of fused-ring (bicyclic) bond motifs is 1. The maximum Gasteiger partial charge on any atom is 0.235 e. The van der Waals surface area contributed by atoms with Crippen molar-refractivity contribution in [2.75, 3.05) is 36.0 Å². The van der Waals surface area contributed by atoms with E-state index in [9.17, 15) is 5.11 Å². The minimum Gasteiger partial charge on any atom is -0.504 e. The van der Waals surface area contributed by atoms with Gasteiger partial charge in [0, 0.05) is 44.8 Å². The summed E-state index contributed by atoms with van der Waals surface area (Å²) in [6.45, 7) is 3.32. The Morgan fingerprint density at radius 3 is 2.52 bits per heavy atom. The molecule has 1 aliphatic heterocycles. The van der Waals surface area contributed by atoms with Crippen LogP contribution in [-0.4, -0.2) is 45.7 Å². The first-order chi connectivity index (χ1) is 11.2. The molecular formula is C16H16ClN5O. The molecule has 0 unspecified atom stereocenters. The molecule has 4 rings (SSSR count). The third kappa shape index (κ3) is 2.45. The molecule has 0 spiro atoms. The molecule has 1 saturated heterocycles. The molecule has 23 heavy (non-hydrogen) atoms. The first-order valence-corrected chi connectivity index (χ1v) is 7.87. The maximum atomic E-state index is 10.1. The van der Waals surface area contributed by atoms with Crippen LogP contribution in [0.2, 0.25) is 5.02 Å². The summed E-state index contributed by atoms with van der Waals surface area (Å²) in [5.74, 6) is 1.95.